The lowest BCUT2D eigenvalue weighted by atomic mass is 10.1. The first-order valence-electron chi connectivity index (χ1n) is 8.41. The normalized spacial score (nSPS) is 10.5. The van der Waals surface area contributed by atoms with E-state index in [-0.39, 0.29) is 24.5 Å². The lowest BCUT2D eigenvalue weighted by Crippen LogP contribution is -2.13. The van der Waals surface area contributed by atoms with Crippen molar-refractivity contribution in [2.75, 3.05) is 11.9 Å². The third-order valence-electron chi connectivity index (χ3n) is 3.57. The Hall–Kier alpha value is -3.21. The highest BCUT2D eigenvalue weighted by molar-refractivity contribution is 6.00. The molecule has 0 unspecified atom stereocenters. The molecule has 0 aliphatic carbocycles. The van der Waals surface area contributed by atoms with Gasteiger partial charge in [-0.1, -0.05) is 42.5 Å². The summed E-state index contributed by atoms with van der Waals surface area (Å²) >= 11 is 0. The van der Waals surface area contributed by atoms with E-state index in [1.165, 1.54) is 6.08 Å². The number of carbonyl (C=O) groups excluding carboxylic acids is 3. The van der Waals surface area contributed by atoms with E-state index in [0.717, 1.165) is 5.56 Å². The van der Waals surface area contributed by atoms with Crippen molar-refractivity contribution < 1.29 is 19.1 Å². The van der Waals surface area contributed by atoms with Gasteiger partial charge in [-0.3, -0.25) is 9.59 Å². The highest BCUT2D eigenvalue weighted by Gasteiger charge is 2.09. The van der Waals surface area contributed by atoms with E-state index in [0.29, 0.717) is 17.9 Å². The van der Waals surface area contributed by atoms with E-state index in [2.05, 4.69) is 5.32 Å². The van der Waals surface area contributed by atoms with E-state index >= 15 is 0 Å². The molecule has 0 radical (unpaired) electrons. The Morgan fingerprint density at radius 2 is 1.65 bits per heavy atom. The largest absolute Gasteiger partial charge is 0.463 e. The molecule has 0 heterocycles. The zero-order valence-corrected chi connectivity index (χ0v) is 14.6. The maximum atomic E-state index is 12.0. The van der Waals surface area contributed by atoms with E-state index in [9.17, 15) is 14.4 Å². The van der Waals surface area contributed by atoms with Crippen LogP contribution in [0.25, 0.3) is 6.08 Å². The third kappa shape index (κ3) is 6.36. The van der Waals surface area contributed by atoms with Crippen molar-refractivity contribution in [1.82, 2.24) is 0 Å². The minimum atomic E-state index is -0.395. The maximum absolute atomic E-state index is 12.0. The summed E-state index contributed by atoms with van der Waals surface area (Å²) in [5.41, 5.74) is 2.06. The van der Waals surface area contributed by atoms with Gasteiger partial charge in [0, 0.05) is 30.2 Å². The van der Waals surface area contributed by atoms with Crippen molar-refractivity contribution in [2.24, 2.45) is 0 Å². The van der Waals surface area contributed by atoms with Crippen LogP contribution in [0.4, 0.5) is 5.69 Å². The molecule has 0 saturated heterocycles. The van der Waals surface area contributed by atoms with Crippen LogP contribution >= 0.6 is 0 Å². The molecular formula is C21H21NO4. The predicted octanol–water partition coefficient (Wildman–Crippen LogP) is 3.86. The Morgan fingerprint density at radius 1 is 0.962 bits per heavy atom. The highest BCUT2D eigenvalue weighted by Crippen LogP contribution is 2.12. The van der Waals surface area contributed by atoms with Crippen molar-refractivity contribution >= 4 is 29.4 Å². The summed E-state index contributed by atoms with van der Waals surface area (Å²) in [6.07, 6.45) is 3.28. The van der Waals surface area contributed by atoms with Crippen molar-refractivity contribution in [3.63, 3.8) is 0 Å². The van der Waals surface area contributed by atoms with Gasteiger partial charge in [0.1, 0.15) is 0 Å². The molecule has 0 aliphatic heterocycles. The van der Waals surface area contributed by atoms with Crippen LogP contribution in [0.5, 0.6) is 0 Å². The van der Waals surface area contributed by atoms with Gasteiger partial charge in [-0.15, -0.1) is 0 Å². The summed E-state index contributed by atoms with van der Waals surface area (Å²) in [4.78, 5) is 35.2. The smallest absolute Gasteiger partial charge is 0.330 e. The second-order valence-electron chi connectivity index (χ2n) is 5.54. The van der Waals surface area contributed by atoms with E-state index in [1.54, 1.807) is 61.5 Å². The molecule has 0 aliphatic rings. The fourth-order valence-electron chi connectivity index (χ4n) is 2.25. The first-order chi connectivity index (χ1) is 12.6. The summed E-state index contributed by atoms with van der Waals surface area (Å²) in [5, 5.41) is 2.75. The van der Waals surface area contributed by atoms with Crippen molar-refractivity contribution in [3.05, 3.63) is 71.8 Å². The van der Waals surface area contributed by atoms with E-state index in [1.807, 2.05) is 6.07 Å². The fourth-order valence-corrected chi connectivity index (χ4v) is 2.25. The number of benzene rings is 2. The number of ketones is 1. The van der Waals surface area contributed by atoms with Gasteiger partial charge >= 0.3 is 5.97 Å². The second kappa shape index (κ2) is 9.93. The quantitative estimate of drug-likeness (QED) is 0.445. The zero-order valence-electron chi connectivity index (χ0n) is 14.6. The van der Waals surface area contributed by atoms with Crippen LogP contribution in [0.2, 0.25) is 0 Å². The summed E-state index contributed by atoms with van der Waals surface area (Å²) in [6, 6.07) is 15.9. The van der Waals surface area contributed by atoms with Crippen LogP contribution in [0.1, 0.15) is 35.7 Å². The van der Waals surface area contributed by atoms with Crippen molar-refractivity contribution in [1.29, 1.82) is 0 Å². The molecule has 2 aromatic carbocycles. The lowest BCUT2D eigenvalue weighted by molar-refractivity contribution is -0.137. The number of Topliss-reactive ketones (excluding diaryl/α,β-unsaturated/α-hetero) is 1. The fraction of sp³-hybridized carbons (Fsp3) is 0.190. The molecule has 0 aromatic heterocycles. The van der Waals surface area contributed by atoms with Crippen LogP contribution in [-0.4, -0.2) is 24.3 Å². The predicted molar refractivity (Wildman–Crippen MR) is 101 cm³/mol. The van der Waals surface area contributed by atoms with Gasteiger partial charge in [-0.25, -0.2) is 4.79 Å². The Bertz CT molecular complexity index is 779. The van der Waals surface area contributed by atoms with Crippen LogP contribution in [0.3, 0.4) is 0 Å². The molecule has 5 heteroatoms. The van der Waals surface area contributed by atoms with Crippen LogP contribution in [0.15, 0.2) is 60.7 Å². The number of ether oxygens (including phenoxy) is 1. The molecule has 1 N–H and O–H groups in total. The number of hydrogen-bond acceptors (Lipinski definition) is 4. The van der Waals surface area contributed by atoms with Gasteiger partial charge in [-0.2, -0.15) is 0 Å². The van der Waals surface area contributed by atoms with Gasteiger partial charge in [0.25, 0.3) is 0 Å². The molecule has 26 heavy (non-hydrogen) atoms. The zero-order chi connectivity index (χ0) is 18.8. The van der Waals surface area contributed by atoms with E-state index in [4.69, 9.17) is 4.74 Å². The van der Waals surface area contributed by atoms with Crippen LogP contribution in [-0.2, 0) is 14.3 Å². The minimum absolute atomic E-state index is 0.0554. The molecule has 134 valence electrons. The monoisotopic (exact) mass is 351 g/mol. The number of amides is 1. The van der Waals surface area contributed by atoms with Gasteiger partial charge in [0.2, 0.25) is 5.91 Å². The molecule has 2 aromatic rings. The first kappa shape index (κ1) is 19.1. The summed E-state index contributed by atoms with van der Waals surface area (Å²) in [5.74, 6) is -0.669. The molecule has 0 spiro atoms. The SMILES string of the molecule is CCOC(=O)/C=C/c1ccc(NC(=O)CCC(=O)c2ccccc2)cc1. The average Bonchev–Trinajstić information content (AvgIpc) is 2.66. The third-order valence-corrected chi connectivity index (χ3v) is 3.57. The Balaban J connectivity index is 1.82. The van der Waals surface area contributed by atoms with Crippen molar-refractivity contribution in [3.8, 4) is 0 Å². The minimum Gasteiger partial charge on any atom is -0.463 e. The van der Waals surface area contributed by atoms with Crippen molar-refractivity contribution in [2.45, 2.75) is 19.8 Å². The molecule has 0 atom stereocenters. The van der Waals surface area contributed by atoms with Crippen LogP contribution < -0.4 is 5.32 Å². The number of hydrogen-bond donors (Lipinski definition) is 1. The molecule has 1 amide bonds. The molecule has 2 rings (SSSR count). The number of esters is 1. The number of rotatable bonds is 8. The average molecular weight is 351 g/mol. The number of carbonyl (C=O) groups is 3. The van der Waals surface area contributed by atoms with Gasteiger partial charge in [-0.05, 0) is 30.7 Å². The molecular weight excluding hydrogens is 330 g/mol. The molecule has 0 bridgehead atoms. The van der Waals surface area contributed by atoms with Gasteiger partial charge in [0.15, 0.2) is 5.78 Å². The summed E-state index contributed by atoms with van der Waals surface area (Å²) < 4.78 is 4.81. The summed E-state index contributed by atoms with van der Waals surface area (Å²) in [6.45, 7) is 2.08. The van der Waals surface area contributed by atoms with Gasteiger partial charge in [0.05, 0.1) is 6.61 Å². The summed E-state index contributed by atoms with van der Waals surface area (Å²) in [7, 11) is 0. The second-order valence-corrected chi connectivity index (χ2v) is 5.54. The number of nitrogens with one attached hydrogen (secondary N) is 1. The first-order valence-corrected chi connectivity index (χ1v) is 8.41. The Labute approximate surface area is 152 Å². The molecule has 0 fully saturated rings. The topological polar surface area (TPSA) is 72.5 Å². The molecule has 0 saturated carbocycles. The molecule has 5 nitrogen and oxygen atoms in total. The van der Waals surface area contributed by atoms with Gasteiger partial charge < -0.3 is 10.1 Å². The lowest BCUT2D eigenvalue weighted by Gasteiger charge is -2.05. The number of anilines is 1. The van der Waals surface area contributed by atoms with E-state index < -0.39 is 5.97 Å². The maximum Gasteiger partial charge on any atom is 0.330 e. The van der Waals surface area contributed by atoms with Crippen LogP contribution in [0, 0.1) is 0 Å². The Kier molecular flexibility index (Phi) is 7.31. The standard InChI is InChI=1S/C21H21NO4/c1-2-26-21(25)15-10-16-8-11-18(12-9-16)22-20(24)14-13-19(23)17-6-4-3-5-7-17/h3-12,15H,2,13-14H2,1H3,(H,22,24)/b15-10+. The highest BCUT2D eigenvalue weighted by atomic mass is 16.5. The Morgan fingerprint density at radius 3 is 2.31 bits per heavy atom.